The quantitative estimate of drug-likeness (QED) is 0.720. The molecule has 0 aliphatic carbocycles. The van der Waals surface area contributed by atoms with Gasteiger partial charge in [-0.05, 0) is 46.0 Å². The fraction of sp³-hybridized carbons (Fsp3) is 0.429. The highest BCUT2D eigenvalue weighted by Gasteiger charge is 2.38. The largest absolute Gasteiger partial charge is 0.274 e. The normalized spacial score (nSPS) is 18.9. The lowest BCUT2D eigenvalue weighted by Gasteiger charge is -2.35. The van der Waals surface area contributed by atoms with Crippen LogP contribution in [0.1, 0.15) is 32.3 Å². The van der Waals surface area contributed by atoms with E-state index in [-0.39, 0.29) is 17.2 Å². The molecule has 0 spiro atoms. The third kappa shape index (κ3) is 2.84. The third-order valence-corrected chi connectivity index (χ3v) is 4.27. The van der Waals surface area contributed by atoms with Gasteiger partial charge >= 0.3 is 0 Å². The summed E-state index contributed by atoms with van der Waals surface area (Å²) in [5.74, 6) is -0.358. The van der Waals surface area contributed by atoms with Gasteiger partial charge in [-0.3, -0.25) is 9.59 Å². The Morgan fingerprint density at radius 1 is 1.21 bits per heavy atom. The summed E-state index contributed by atoms with van der Waals surface area (Å²) >= 11 is 9.48. The maximum Gasteiger partial charge on any atom is 0.234 e. The second-order valence-corrected chi connectivity index (χ2v) is 6.95. The molecule has 2 amide bonds. The Kier molecular flexibility index (Phi) is 3.76. The number of imide groups is 1. The monoisotopic (exact) mass is 343 g/mol. The average molecular weight is 345 g/mol. The first kappa shape index (κ1) is 14.5. The zero-order chi connectivity index (χ0) is 14.4. The summed E-state index contributed by atoms with van der Waals surface area (Å²) in [6, 6.07) is 3.48. The number of hydrogen-bond acceptors (Lipinski definition) is 2. The van der Waals surface area contributed by atoms with Gasteiger partial charge in [-0.25, -0.2) is 4.90 Å². The van der Waals surface area contributed by atoms with E-state index in [4.69, 9.17) is 11.6 Å². The summed E-state index contributed by atoms with van der Waals surface area (Å²) in [5, 5.41) is 0.545. The molecule has 1 heterocycles. The predicted octanol–water partition coefficient (Wildman–Crippen LogP) is 4.09. The molecule has 1 aromatic rings. The minimum Gasteiger partial charge on any atom is -0.274 e. The molecule has 0 aromatic heterocycles. The molecule has 5 heteroatoms. The van der Waals surface area contributed by atoms with Crippen LogP contribution in [0.5, 0.6) is 0 Å². The summed E-state index contributed by atoms with van der Waals surface area (Å²) in [4.78, 5) is 25.7. The molecule has 0 atom stereocenters. The lowest BCUT2D eigenvalue weighted by Crippen LogP contribution is -2.46. The zero-order valence-corrected chi connectivity index (χ0v) is 13.4. The summed E-state index contributed by atoms with van der Waals surface area (Å²) in [6.07, 6.45) is 0.716. The van der Waals surface area contributed by atoms with Crippen molar-refractivity contribution in [2.45, 2.75) is 33.6 Å². The highest BCUT2D eigenvalue weighted by atomic mass is 79.9. The number of hydrogen-bond donors (Lipinski definition) is 0. The number of piperidine rings is 1. The van der Waals surface area contributed by atoms with E-state index in [0.29, 0.717) is 28.0 Å². The van der Waals surface area contributed by atoms with Crippen molar-refractivity contribution in [2.24, 2.45) is 5.41 Å². The fourth-order valence-corrected chi connectivity index (χ4v) is 3.05. The SMILES string of the molecule is Cc1cc(Br)c(N2C(=O)CC(C)(C)CC2=O)cc1Cl. The Morgan fingerprint density at radius 3 is 2.26 bits per heavy atom. The average Bonchev–Trinajstić information content (AvgIpc) is 2.22. The molecule has 0 bridgehead atoms. The highest BCUT2D eigenvalue weighted by molar-refractivity contribution is 9.10. The standard InChI is InChI=1S/C14H15BrClNO2/c1-8-4-9(15)11(5-10(8)16)17-12(18)6-14(2,3)7-13(17)19/h4-5H,6-7H2,1-3H3. The van der Waals surface area contributed by atoms with Gasteiger partial charge < -0.3 is 0 Å². The summed E-state index contributed by atoms with van der Waals surface area (Å²) in [6.45, 7) is 5.73. The van der Waals surface area contributed by atoms with Crippen LogP contribution in [0.15, 0.2) is 16.6 Å². The lowest BCUT2D eigenvalue weighted by molar-refractivity contribution is -0.132. The molecule has 0 N–H and O–H groups in total. The molecule has 1 aliphatic rings. The minimum atomic E-state index is -0.272. The lowest BCUT2D eigenvalue weighted by atomic mass is 9.81. The van der Waals surface area contributed by atoms with Gasteiger partial charge in [0, 0.05) is 22.3 Å². The first-order valence-corrected chi connectivity index (χ1v) is 7.20. The molecule has 0 radical (unpaired) electrons. The van der Waals surface area contributed by atoms with Gasteiger partial charge in [-0.1, -0.05) is 25.4 Å². The van der Waals surface area contributed by atoms with Crippen molar-refractivity contribution in [3.8, 4) is 0 Å². The van der Waals surface area contributed by atoms with E-state index >= 15 is 0 Å². The smallest absolute Gasteiger partial charge is 0.234 e. The summed E-state index contributed by atoms with van der Waals surface area (Å²) in [7, 11) is 0. The van der Waals surface area contributed by atoms with Crippen LogP contribution in [0.4, 0.5) is 5.69 Å². The van der Waals surface area contributed by atoms with Crippen LogP contribution in [0, 0.1) is 12.3 Å². The molecule has 1 saturated heterocycles. The van der Waals surface area contributed by atoms with Crippen molar-refractivity contribution < 1.29 is 9.59 Å². The Hall–Kier alpha value is -0.870. The van der Waals surface area contributed by atoms with Crippen LogP contribution in [-0.2, 0) is 9.59 Å². The van der Waals surface area contributed by atoms with E-state index in [0.717, 1.165) is 5.56 Å². The van der Waals surface area contributed by atoms with Crippen LogP contribution in [0.3, 0.4) is 0 Å². The van der Waals surface area contributed by atoms with Gasteiger partial charge in [0.1, 0.15) is 0 Å². The van der Waals surface area contributed by atoms with Gasteiger partial charge in [-0.2, -0.15) is 0 Å². The van der Waals surface area contributed by atoms with Gasteiger partial charge in [0.2, 0.25) is 11.8 Å². The van der Waals surface area contributed by atoms with E-state index in [1.807, 2.05) is 26.8 Å². The number of amides is 2. The molecular weight excluding hydrogens is 330 g/mol. The first-order valence-electron chi connectivity index (χ1n) is 6.03. The molecule has 2 rings (SSSR count). The number of aryl methyl sites for hydroxylation is 1. The van der Waals surface area contributed by atoms with Crippen molar-refractivity contribution in [2.75, 3.05) is 4.90 Å². The number of halogens is 2. The number of carbonyl (C=O) groups is 2. The van der Waals surface area contributed by atoms with E-state index in [9.17, 15) is 9.59 Å². The molecule has 0 unspecified atom stereocenters. The van der Waals surface area contributed by atoms with E-state index in [1.54, 1.807) is 6.07 Å². The van der Waals surface area contributed by atoms with Gasteiger partial charge in [0.05, 0.1) is 5.69 Å². The minimum absolute atomic E-state index is 0.179. The number of rotatable bonds is 1. The Labute approximate surface area is 126 Å². The second-order valence-electron chi connectivity index (χ2n) is 5.69. The number of anilines is 1. The van der Waals surface area contributed by atoms with Gasteiger partial charge in [-0.15, -0.1) is 0 Å². The third-order valence-electron chi connectivity index (χ3n) is 3.23. The maximum atomic E-state index is 12.2. The van der Waals surface area contributed by atoms with Crippen LogP contribution in [0.25, 0.3) is 0 Å². The molecule has 3 nitrogen and oxygen atoms in total. The summed E-state index contributed by atoms with van der Waals surface area (Å²) < 4.78 is 0.704. The number of carbonyl (C=O) groups excluding carboxylic acids is 2. The van der Waals surface area contributed by atoms with E-state index < -0.39 is 0 Å². The maximum absolute atomic E-state index is 12.2. The topological polar surface area (TPSA) is 37.4 Å². The molecule has 1 fully saturated rings. The second kappa shape index (κ2) is 4.91. The Bertz CT molecular complexity index is 549. The number of nitrogens with zero attached hydrogens (tertiary/aromatic N) is 1. The van der Waals surface area contributed by atoms with Crippen molar-refractivity contribution in [3.63, 3.8) is 0 Å². The van der Waals surface area contributed by atoms with E-state index in [2.05, 4.69) is 15.9 Å². The molecule has 102 valence electrons. The molecule has 1 aromatic carbocycles. The van der Waals surface area contributed by atoms with E-state index in [1.165, 1.54) is 4.90 Å². The Balaban J connectivity index is 2.45. The van der Waals surface area contributed by atoms with Crippen LogP contribution < -0.4 is 4.90 Å². The van der Waals surface area contributed by atoms with Crippen LogP contribution in [-0.4, -0.2) is 11.8 Å². The molecule has 1 aliphatic heterocycles. The Morgan fingerprint density at radius 2 is 1.74 bits per heavy atom. The van der Waals surface area contributed by atoms with Gasteiger partial charge in [0.15, 0.2) is 0 Å². The molecule has 19 heavy (non-hydrogen) atoms. The van der Waals surface area contributed by atoms with Crippen molar-refractivity contribution in [1.82, 2.24) is 0 Å². The zero-order valence-electron chi connectivity index (χ0n) is 11.1. The highest BCUT2D eigenvalue weighted by Crippen LogP contribution is 2.38. The van der Waals surface area contributed by atoms with Crippen molar-refractivity contribution >= 4 is 45.0 Å². The van der Waals surface area contributed by atoms with Crippen LogP contribution >= 0.6 is 27.5 Å². The van der Waals surface area contributed by atoms with Crippen molar-refractivity contribution in [1.29, 1.82) is 0 Å². The van der Waals surface area contributed by atoms with Gasteiger partial charge in [0.25, 0.3) is 0 Å². The fourth-order valence-electron chi connectivity index (χ4n) is 2.25. The van der Waals surface area contributed by atoms with Crippen molar-refractivity contribution in [3.05, 3.63) is 27.2 Å². The predicted molar refractivity (Wildman–Crippen MR) is 79.4 cm³/mol. The molecular formula is C14H15BrClNO2. The summed E-state index contributed by atoms with van der Waals surface area (Å²) in [5.41, 5.74) is 1.15. The van der Waals surface area contributed by atoms with Crippen LogP contribution in [0.2, 0.25) is 5.02 Å². The number of benzene rings is 1. The molecule has 0 saturated carbocycles. The first-order chi connectivity index (χ1) is 8.71.